The topological polar surface area (TPSA) is 96.9 Å². The molecule has 5 aromatic rings. The van der Waals surface area contributed by atoms with Gasteiger partial charge in [-0.3, -0.25) is 19.9 Å². The molecule has 3 aromatic heterocycles. The minimum atomic E-state index is -0.264. The van der Waals surface area contributed by atoms with Gasteiger partial charge in [0.05, 0.1) is 27.0 Å². The Hall–Kier alpha value is -4.17. The van der Waals surface area contributed by atoms with Crippen molar-refractivity contribution in [2.45, 2.75) is 6.92 Å². The lowest BCUT2D eigenvalue weighted by molar-refractivity contribution is -0.114. The Balaban J connectivity index is 1.51. The maximum atomic E-state index is 13.3. The van der Waals surface area contributed by atoms with E-state index in [2.05, 4.69) is 20.6 Å². The normalized spacial score (nSPS) is 10.9. The minimum Gasteiger partial charge on any atom is -0.326 e. The summed E-state index contributed by atoms with van der Waals surface area (Å²) >= 11 is 1.35. The maximum absolute atomic E-state index is 13.3. The molecule has 2 aromatic carbocycles. The second-order valence-corrected chi connectivity index (χ2v) is 8.18. The van der Waals surface area contributed by atoms with Crippen molar-refractivity contribution >= 4 is 55.1 Å². The number of anilines is 2. The van der Waals surface area contributed by atoms with Gasteiger partial charge in [0, 0.05) is 36.0 Å². The highest BCUT2D eigenvalue weighted by Gasteiger charge is 2.16. The van der Waals surface area contributed by atoms with Gasteiger partial charge in [0.15, 0.2) is 5.13 Å². The molecule has 0 bridgehead atoms. The van der Waals surface area contributed by atoms with Gasteiger partial charge in [-0.1, -0.05) is 29.5 Å². The van der Waals surface area contributed by atoms with Crippen LogP contribution >= 0.6 is 11.3 Å². The lowest BCUT2D eigenvalue weighted by atomic mass is 10.0. The van der Waals surface area contributed by atoms with Gasteiger partial charge < -0.3 is 5.32 Å². The van der Waals surface area contributed by atoms with E-state index in [4.69, 9.17) is 4.98 Å². The van der Waals surface area contributed by atoms with Crippen LogP contribution in [0.4, 0.5) is 10.8 Å². The molecule has 0 unspecified atom stereocenters. The zero-order valence-corrected chi connectivity index (χ0v) is 17.8. The fourth-order valence-corrected chi connectivity index (χ4v) is 4.36. The van der Waals surface area contributed by atoms with Crippen LogP contribution in [-0.2, 0) is 4.79 Å². The molecule has 0 aliphatic heterocycles. The molecule has 156 valence electrons. The summed E-state index contributed by atoms with van der Waals surface area (Å²) in [5, 5.41) is 6.92. The minimum absolute atomic E-state index is 0.142. The number of amides is 2. The zero-order chi connectivity index (χ0) is 22.1. The van der Waals surface area contributed by atoms with E-state index in [9.17, 15) is 9.59 Å². The number of hydrogen-bond acceptors (Lipinski definition) is 6. The molecule has 0 spiro atoms. The summed E-state index contributed by atoms with van der Waals surface area (Å²) in [5.74, 6) is -0.406. The van der Waals surface area contributed by atoms with Crippen LogP contribution in [-0.4, -0.2) is 26.8 Å². The zero-order valence-electron chi connectivity index (χ0n) is 17.0. The predicted molar refractivity (Wildman–Crippen MR) is 127 cm³/mol. The predicted octanol–water partition coefficient (Wildman–Crippen LogP) is 5.12. The van der Waals surface area contributed by atoms with E-state index < -0.39 is 0 Å². The third kappa shape index (κ3) is 3.91. The van der Waals surface area contributed by atoms with Crippen molar-refractivity contribution in [1.29, 1.82) is 0 Å². The third-order valence-corrected chi connectivity index (χ3v) is 5.80. The summed E-state index contributed by atoms with van der Waals surface area (Å²) in [5.41, 5.74) is 4.26. The number of nitrogens with zero attached hydrogens (tertiary/aromatic N) is 3. The number of pyridine rings is 2. The molecule has 32 heavy (non-hydrogen) atoms. The Morgan fingerprint density at radius 3 is 2.50 bits per heavy atom. The second-order valence-electron chi connectivity index (χ2n) is 7.14. The Kier molecular flexibility index (Phi) is 5.04. The highest BCUT2D eigenvalue weighted by molar-refractivity contribution is 7.22. The summed E-state index contributed by atoms with van der Waals surface area (Å²) in [6.45, 7) is 1.46. The molecular formula is C24H17N5O2S. The van der Waals surface area contributed by atoms with Gasteiger partial charge in [-0.15, -0.1) is 0 Å². The van der Waals surface area contributed by atoms with Gasteiger partial charge in [0.25, 0.3) is 5.91 Å². The van der Waals surface area contributed by atoms with Crippen LogP contribution in [0.5, 0.6) is 0 Å². The fraction of sp³-hybridized carbons (Fsp3) is 0.0417. The Labute approximate surface area is 187 Å². The molecule has 5 rings (SSSR count). The number of fused-ring (bicyclic) bond motifs is 2. The van der Waals surface area contributed by atoms with E-state index in [1.54, 1.807) is 24.5 Å². The summed E-state index contributed by atoms with van der Waals surface area (Å²) in [4.78, 5) is 37.8. The first kappa shape index (κ1) is 19.8. The molecule has 0 radical (unpaired) electrons. The average Bonchev–Trinajstić information content (AvgIpc) is 3.20. The van der Waals surface area contributed by atoms with E-state index in [0.717, 1.165) is 26.7 Å². The van der Waals surface area contributed by atoms with E-state index in [1.807, 2.05) is 48.5 Å². The number of benzene rings is 2. The molecule has 2 amide bonds. The van der Waals surface area contributed by atoms with Crippen LogP contribution in [0.15, 0.2) is 73.1 Å². The van der Waals surface area contributed by atoms with Crippen LogP contribution in [0.1, 0.15) is 17.3 Å². The molecule has 7 nitrogen and oxygen atoms in total. The smallest absolute Gasteiger partial charge is 0.258 e. The van der Waals surface area contributed by atoms with Gasteiger partial charge >= 0.3 is 0 Å². The standard InChI is InChI=1S/C24H17N5O2S/c1-14(30)26-16-6-7-20-22(12-16)32-24(28-20)29-23(31)18-13-21(15-8-10-25-11-9-15)27-19-5-3-2-4-17(18)19/h2-13H,1H3,(H,26,30)(H,28,29,31). The summed E-state index contributed by atoms with van der Waals surface area (Å²) < 4.78 is 0.864. The molecule has 0 saturated carbocycles. The number of carbonyl (C=O) groups excluding carboxylic acids is 2. The van der Waals surface area contributed by atoms with Crippen LogP contribution in [0.3, 0.4) is 0 Å². The van der Waals surface area contributed by atoms with Crippen molar-refractivity contribution in [3.8, 4) is 11.3 Å². The highest BCUT2D eigenvalue weighted by Crippen LogP contribution is 2.30. The molecule has 0 atom stereocenters. The lowest BCUT2D eigenvalue weighted by Crippen LogP contribution is -2.13. The van der Waals surface area contributed by atoms with Gasteiger partial charge in [0.2, 0.25) is 5.91 Å². The van der Waals surface area contributed by atoms with Crippen LogP contribution in [0, 0.1) is 0 Å². The molecule has 0 fully saturated rings. The van der Waals surface area contributed by atoms with E-state index >= 15 is 0 Å². The first-order valence-corrected chi connectivity index (χ1v) is 10.7. The maximum Gasteiger partial charge on any atom is 0.258 e. The van der Waals surface area contributed by atoms with Gasteiger partial charge in [-0.2, -0.15) is 0 Å². The number of nitrogens with one attached hydrogen (secondary N) is 2. The van der Waals surface area contributed by atoms with Crippen LogP contribution in [0.25, 0.3) is 32.4 Å². The van der Waals surface area contributed by atoms with Crippen molar-refractivity contribution in [3.63, 3.8) is 0 Å². The monoisotopic (exact) mass is 439 g/mol. The first-order valence-electron chi connectivity index (χ1n) is 9.86. The molecule has 8 heteroatoms. The molecule has 2 N–H and O–H groups in total. The quantitative estimate of drug-likeness (QED) is 0.405. The molecule has 3 heterocycles. The van der Waals surface area contributed by atoms with Gasteiger partial charge in [0.1, 0.15) is 0 Å². The number of thiazole rings is 1. The summed E-state index contributed by atoms with van der Waals surface area (Å²) in [7, 11) is 0. The molecule has 0 saturated heterocycles. The van der Waals surface area contributed by atoms with E-state index in [0.29, 0.717) is 22.1 Å². The summed E-state index contributed by atoms with van der Waals surface area (Å²) in [6.07, 6.45) is 3.39. The average molecular weight is 440 g/mol. The Morgan fingerprint density at radius 2 is 1.69 bits per heavy atom. The second kappa shape index (κ2) is 8.16. The fourth-order valence-electron chi connectivity index (χ4n) is 3.46. The van der Waals surface area contributed by atoms with Gasteiger partial charge in [-0.05, 0) is 42.5 Å². The van der Waals surface area contributed by atoms with Gasteiger partial charge in [-0.25, -0.2) is 9.97 Å². The molecule has 0 aliphatic carbocycles. The van der Waals surface area contributed by atoms with E-state index in [1.165, 1.54) is 18.3 Å². The number of aromatic nitrogens is 3. The van der Waals surface area contributed by atoms with Crippen LogP contribution < -0.4 is 10.6 Å². The Bertz CT molecular complexity index is 1480. The largest absolute Gasteiger partial charge is 0.326 e. The third-order valence-electron chi connectivity index (χ3n) is 4.87. The summed E-state index contributed by atoms with van der Waals surface area (Å²) in [6, 6.07) is 18.5. The van der Waals surface area contributed by atoms with Crippen molar-refractivity contribution in [1.82, 2.24) is 15.0 Å². The number of carbonyl (C=O) groups is 2. The highest BCUT2D eigenvalue weighted by atomic mass is 32.1. The van der Waals surface area contributed by atoms with Crippen molar-refractivity contribution in [3.05, 3.63) is 78.6 Å². The first-order chi connectivity index (χ1) is 15.6. The van der Waals surface area contributed by atoms with Crippen molar-refractivity contribution in [2.24, 2.45) is 0 Å². The lowest BCUT2D eigenvalue weighted by Gasteiger charge is -2.09. The molecule has 0 aliphatic rings. The number of para-hydroxylation sites is 1. The number of hydrogen-bond donors (Lipinski definition) is 2. The van der Waals surface area contributed by atoms with Crippen molar-refractivity contribution < 1.29 is 9.59 Å². The molecular weight excluding hydrogens is 422 g/mol. The SMILES string of the molecule is CC(=O)Nc1ccc2nc(NC(=O)c3cc(-c4ccncc4)nc4ccccc34)sc2c1. The van der Waals surface area contributed by atoms with Crippen molar-refractivity contribution in [2.75, 3.05) is 10.6 Å². The Morgan fingerprint density at radius 1 is 0.875 bits per heavy atom. The van der Waals surface area contributed by atoms with E-state index in [-0.39, 0.29) is 11.8 Å². The number of rotatable bonds is 4. The van der Waals surface area contributed by atoms with Crippen LogP contribution in [0.2, 0.25) is 0 Å².